The van der Waals surface area contributed by atoms with Gasteiger partial charge in [-0.15, -0.1) is 0 Å². The first-order valence-corrected chi connectivity index (χ1v) is 11.1. The Bertz CT molecular complexity index is 1180. The van der Waals surface area contributed by atoms with Crippen LogP contribution in [0, 0.1) is 0 Å². The SMILES string of the molecule is C[C@]1(OC(=O)c2ccccc2)[C@H](OO)O[C@H](COC(=O)c2ccccc2)[C@H]1OC(=O)c1ccccc1. The van der Waals surface area contributed by atoms with Gasteiger partial charge in [0.2, 0.25) is 11.9 Å². The second-order valence-electron chi connectivity index (χ2n) is 8.21. The highest BCUT2D eigenvalue weighted by atomic mass is 17.1. The fraction of sp³-hybridized carbons (Fsp3) is 0.222. The smallest absolute Gasteiger partial charge is 0.338 e. The van der Waals surface area contributed by atoms with Crippen molar-refractivity contribution >= 4 is 17.9 Å². The summed E-state index contributed by atoms with van der Waals surface area (Å²) >= 11 is 0. The van der Waals surface area contributed by atoms with E-state index in [1.54, 1.807) is 91.0 Å². The predicted octanol–water partition coefficient (Wildman–Crippen LogP) is 3.90. The molecule has 1 saturated heterocycles. The molecule has 3 aromatic carbocycles. The monoisotopic (exact) mass is 492 g/mol. The molecule has 186 valence electrons. The molecular formula is C27H24O9. The average molecular weight is 492 g/mol. The summed E-state index contributed by atoms with van der Waals surface area (Å²) in [6.45, 7) is 1.02. The van der Waals surface area contributed by atoms with Crippen LogP contribution in [0.4, 0.5) is 0 Å². The van der Waals surface area contributed by atoms with Crippen molar-refractivity contribution < 1.29 is 43.5 Å². The molecule has 4 rings (SSSR count). The van der Waals surface area contributed by atoms with Crippen LogP contribution in [0.1, 0.15) is 38.0 Å². The van der Waals surface area contributed by atoms with Crippen molar-refractivity contribution in [3.63, 3.8) is 0 Å². The Kier molecular flexibility index (Phi) is 7.74. The molecule has 9 nitrogen and oxygen atoms in total. The van der Waals surface area contributed by atoms with E-state index in [-0.39, 0.29) is 17.7 Å². The minimum Gasteiger partial charge on any atom is -0.459 e. The van der Waals surface area contributed by atoms with E-state index in [1.807, 2.05) is 0 Å². The van der Waals surface area contributed by atoms with Crippen LogP contribution >= 0.6 is 0 Å². The summed E-state index contributed by atoms with van der Waals surface area (Å²) in [4.78, 5) is 42.7. The molecule has 4 atom stereocenters. The highest BCUT2D eigenvalue weighted by Crippen LogP contribution is 2.38. The number of hydrogen-bond acceptors (Lipinski definition) is 9. The molecule has 1 aliphatic heterocycles. The van der Waals surface area contributed by atoms with Crippen molar-refractivity contribution in [2.75, 3.05) is 6.61 Å². The lowest BCUT2D eigenvalue weighted by atomic mass is 9.96. The summed E-state index contributed by atoms with van der Waals surface area (Å²) in [5, 5.41) is 9.56. The molecule has 0 bridgehead atoms. The number of carbonyl (C=O) groups excluding carboxylic acids is 3. The molecule has 9 heteroatoms. The summed E-state index contributed by atoms with van der Waals surface area (Å²) in [7, 11) is 0. The molecule has 0 spiro atoms. The lowest BCUT2D eigenvalue weighted by Crippen LogP contribution is -2.52. The van der Waals surface area contributed by atoms with Crippen molar-refractivity contribution in [1.29, 1.82) is 0 Å². The van der Waals surface area contributed by atoms with Gasteiger partial charge in [0.1, 0.15) is 12.7 Å². The Morgan fingerprint density at radius 1 is 0.778 bits per heavy atom. The molecule has 0 unspecified atom stereocenters. The summed E-state index contributed by atoms with van der Waals surface area (Å²) in [6.07, 6.45) is -3.98. The van der Waals surface area contributed by atoms with Gasteiger partial charge in [0.15, 0.2) is 6.10 Å². The highest BCUT2D eigenvalue weighted by molar-refractivity contribution is 5.91. The fourth-order valence-electron chi connectivity index (χ4n) is 3.83. The van der Waals surface area contributed by atoms with Gasteiger partial charge in [-0.1, -0.05) is 54.6 Å². The molecule has 0 saturated carbocycles. The molecule has 1 N–H and O–H groups in total. The van der Waals surface area contributed by atoms with Crippen LogP contribution in [-0.2, 0) is 23.8 Å². The molecule has 1 aliphatic rings. The number of esters is 3. The van der Waals surface area contributed by atoms with Gasteiger partial charge in [-0.25, -0.2) is 24.5 Å². The maximum absolute atomic E-state index is 12.9. The zero-order chi connectivity index (χ0) is 25.5. The first-order valence-electron chi connectivity index (χ1n) is 11.1. The number of benzene rings is 3. The third-order valence-corrected chi connectivity index (χ3v) is 5.72. The third kappa shape index (κ3) is 5.44. The fourth-order valence-corrected chi connectivity index (χ4v) is 3.83. The zero-order valence-corrected chi connectivity index (χ0v) is 19.3. The minimum absolute atomic E-state index is 0.225. The van der Waals surface area contributed by atoms with Gasteiger partial charge in [-0.2, -0.15) is 0 Å². The molecule has 1 heterocycles. The molecule has 0 radical (unpaired) electrons. The van der Waals surface area contributed by atoms with E-state index in [0.717, 1.165) is 0 Å². The van der Waals surface area contributed by atoms with Crippen molar-refractivity contribution in [1.82, 2.24) is 0 Å². The molecular weight excluding hydrogens is 468 g/mol. The van der Waals surface area contributed by atoms with E-state index < -0.39 is 42.0 Å². The summed E-state index contributed by atoms with van der Waals surface area (Å²) < 4.78 is 22.5. The van der Waals surface area contributed by atoms with Crippen LogP contribution in [0.15, 0.2) is 91.0 Å². The van der Waals surface area contributed by atoms with E-state index in [9.17, 15) is 19.6 Å². The molecule has 1 fully saturated rings. The number of carbonyl (C=O) groups is 3. The Morgan fingerprint density at radius 2 is 1.25 bits per heavy atom. The second kappa shape index (κ2) is 11.1. The standard InChI is InChI=1S/C27H24O9/c1-27(35-25(30)20-15-9-4-10-16-20)22(34-24(29)19-13-7-3-8-14-19)21(33-26(27)36-31)17-32-23(28)18-11-5-2-6-12-18/h2-16,21-22,26,31H,17H2,1H3/t21-,22-,26+,27-/m1/s1. The van der Waals surface area contributed by atoms with Gasteiger partial charge in [0.25, 0.3) is 0 Å². The van der Waals surface area contributed by atoms with Crippen molar-refractivity contribution in [3.8, 4) is 0 Å². The normalized spacial score (nSPS) is 23.0. The van der Waals surface area contributed by atoms with Crippen LogP contribution in [0.5, 0.6) is 0 Å². The molecule has 0 aliphatic carbocycles. The molecule has 0 aromatic heterocycles. The first-order chi connectivity index (χ1) is 17.4. The van der Waals surface area contributed by atoms with Crippen LogP contribution < -0.4 is 0 Å². The Morgan fingerprint density at radius 3 is 1.75 bits per heavy atom. The second-order valence-corrected chi connectivity index (χ2v) is 8.21. The number of rotatable bonds is 8. The van der Waals surface area contributed by atoms with Gasteiger partial charge in [0.05, 0.1) is 16.7 Å². The molecule has 36 heavy (non-hydrogen) atoms. The van der Waals surface area contributed by atoms with Crippen molar-refractivity contribution in [2.24, 2.45) is 0 Å². The van der Waals surface area contributed by atoms with Crippen molar-refractivity contribution in [2.45, 2.75) is 31.0 Å². The van der Waals surface area contributed by atoms with E-state index in [0.29, 0.717) is 5.56 Å². The Labute approximate surface area is 207 Å². The number of ether oxygens (including phenoxy) is 4. The van der Waals surface area contributed by atoms with E-state index in [4.69, 9.17) is 18.9 Å². The maximum atomic E-state index is 12.9. The number of hydrogen-bond donors (Lipinski definition) is 1. The van der Waals surface area contributed by atoms with Gasteiger partial charge < -0.3 is 18.9 Å². The Hall–Kier alpha value is -4.05. The first kappa shape index (κ1) is 25.1. The summed E-state index contributed by atoms with van der Waals surface area (Å²) in [5.74, 6) is -2.13. The lowest BCUT2D eigenvalue weighted by Gasteiger charge is -2.32. The average Bonchev–Trinajstić information content (AvgIpc) is 3.18. The van der Waals surface area contributed by atoms with Gasteiger partial charge in [0, 0.05) is 0 Å². The van der Waals surface area contributed by atoms with E-state index in [1.165, 1.54) is 6.92 Å². The zero-order valence-electron chi connectivity index (χ0n) is 19.3. The van der Waals surface area contributed by atoms with Crippen LogP contribution in [0.3, 0.4) is 0 Å². The van der Waals surface area contributed by atoms with E-state index in [2.05, 4.69) is 4.89 Å². The highest BCUT2D eigenvalue weighted by Gasteiger charge is 2.61. The quantitative estimate of drug-likeness (QED) is 0.216. The molecule has 0 amide bonds. The van der Waals surface area contributed by atoms with Gasteiger partial charge in [-0.3, -0.25) is 0 Å². The minimum atomic E-state index is -1.80. The van der Waals surface area contributed by atoms with E-state index >= 15 is 0 Å². The van der Waals surface area contributed by atoms with Crippen LogP contribution in [-0.4, -0.2) is 53.9 Å². The Balaban J connectivity index is 1.59. The summed E-state index contributed by atoms with van der Waals surface area (Å²) in [5.41, 5.74) is -1.03. The van der Waals surface area contributed by atoms with Crippen LogP contribution in [0.2, 0.25) is 0 Å². The van der Waals surface area contributed by atoms with Gasteiger partial charge in [-0.05, 0) is 43.3 Å². The van der Waals surface area contributed by atoms with Crippen LogP contribution in [0.25, 0.3) is 0 Å². The maximum Gasteiger partial charge on any atom is 0.338 e. The third-order valence-electron chi connectivity index (χ3n) is 5.72. The molecule has 3 aromatic rings. The topological polar surface area (TPSA) is 118 Å². The van der Waals surface area contributed by atoms with Gasteiger partial charge >= 0.3 is 17.9 Å². The van der Waals surface area contributed by atoms with Crippen molar-refractivity contribution in [3.05, 3.63) is 108 Å². The summed E-state index contributed by atoms with van der Waals surface area (Å²) in [6, 6.07) is 24.6. The largest absolute Gasteiger partial charge is 0.459 e. The lowest BCUT2D eigenvalue weighted by molar-refractivity contribution is -0.367. The predicted molar refractivity (Wildman–Crippen MR) is 125 cm³/mol.